The van der Waals surface area contributed by atoms with E-state index in [1.165, 1.54) is 0 Å². The lowest BCUT2D eigenvalue weighted by atomic mass is 9.67. The first kappa shape index (κ1) is 18.7. The molecule has 144 valence electrons. The van der Waals surface area contributed by atoms with Crippen LogP contribution in [0.1, 0.15) is 76.0 Å². The fraction of sp³-hybridized carbons (Fsp3) is 0.737. The van der Waals surface area contributed by atoms with Crippen LogP contribution in [-0.4, -0.2) is 45.2 Å². The van der Waals surface area contributed by atoms with Gasteiger partial charge in [0.05, 0.1) is 0 Å². The maximum atomic E-state index is 12.9. The molecule has 0 atom stereocenters. The summed E-state index contributed by atoms with van der Waals surface area (Å²) < 4.78 is 7.23. The Bertz CT molecular complexity index is 722. The molecule has 1 spiro atoms. The molecule has 0 saturated carbocycles. The van der Waals surface area contributed by atoms with Crippen molar-refractivity contribution in [2.24, 2.45) is 5.41 Å². The highest BCUT2D eigenvalue weighted by Crippen LogP contribution is 2.45. The predicted molar refractivity (Wildman–Crippen MR) is 99.1 cm³/mol. The molecule has 2 heterocycles. The third-order valence-electron chi connectivity index (χ3n) is 5.36. The van der Waals surface area contributed by atoms with Gasteiger partial charge in [-0.2, -0.15) is 5.10 Å². The first-order valence-corrected chi connectivity index (χ1v) is 9.39. The number of hydrogen-bond acceptors (Lipinski definition) is 5. The summed E-state index contributed by atoms with van der Waals surface area (Å²) in [7, 11) is 0. The molecule has 2 N–H and O–H groups in total. The average molecular weight is 362 g/mol. The summed E-state index contributed by atoms with van der Waals surface area (Å²) in [4.78, 5) is 26.9. The van der Waals surface area contributed by atoms with E-state index in [4.69, 9.17) is 10.5 Å². The van der Waals surface area contributed by atoms with Gasteiger partial charge in [-0.1, -0.05) is 0 Å². The van der Waals surface area contributed by atoms with E-state index in [0.717, 1.165) is 24.8 Å². The number of likely N-dealkylation sites (tertiary alicyclic amines) is 1. The van der Waals surface area contributed by atoms with E-state index in [0.29, 0.717) is 31.0 Å². The largest absolute Gasteiger partial charge is 0.444 e. The quantitative estimate of drug-likeness (QED) is 0.828. The average Bonchev–Trinajstić information content (AvgIpc) is 2.84. The Morgan fingerprint density at radius 1 is 1.23 bits per heavy atom. The maximum absolute atomic E-state index is 12.9. The van der Waals surface area contributed by atoms with Crippen molar-refractivity contribution in [1.29, 1.82) is 0 Å². The number of hydrogen-bond donors (Lipinski definition) is 1. The molecule has 1 fully saturated rings. The SMILES string of the molecule is CC(C)n1nc(N)c2c1C(=O)CC1(CCN(C(=O)OC(C)(C)C)CC1)C2. The van der Waals surface area contributed by atoms with Crippen LogP contribution in [0.4, 0.5) is 10.6 Å². The standard InChI is InChI=1S/C19H30N4O3/c1-12(2)23-15-13(16(20)21-23)10-19(11-14(15)24)6-8-22(9-7-19)17(25)26-18(3,4)5/h12H,6-11H2,1-5H3,(H2,20,21). The lowest BCUT2D eigenvalue weighted by molar-refractivity contribution is 0.00880. The van der Waals surface area contributed by atoms with Crippen molar-refractivity contribution in [2.75, 3.05) is 18.8 Å². The van der Waals surface area contributed by atoms with Crippen LogP contribution in [0, 0.1) is 5.41 Å². The van der Waals surface area contributed by atoms with E-state index in [1.807, 2.05) is 34.6 Å². The van der Waals surface area contributed by atoms with Crippen LogP contribution >= 0.6 is 0 Å². The number of nitrogens with zero attached hydrogens (tertiary/aromatic N) is 3. The van der Waals surface area contributed by atoms with Crippen molar-refractivity contribution < 1.29 is 14.3 Å². The zero-order valence-electron chi connectivity index (χ0n) is 16.5. The van der Waals surface area contributed by atoms with Gasteiger partial charge in [0.2, 0.25) is 0 Å². The Labute approximate surface area is 154 Å². The monoisotopic (exact) mass is 362 g/mol. The summed E-state index contributed by atoms with van der Waals surface area (Å²) in [5.41, 5.74) is 7.07. The lowest BCUT2D eigenvalue weighted by Gasteiger charge is -2.43. The molecule has 0 bridgehead atoms. The number of piperidine rings is 1. The Morgan fingerprint density at radius 2 is 1.85 bits per heavy atom. The van der Waals surface area contributed by atoms with Gasteiger partial charge in [0.25, 0.3) is 0 Å². The van der Waals surface area contributed by atoms with E-state index < -0.39 is 5.60 Å². The van der Waals surface area contributed by atoms with Gasteiger partial charge in [-0.15, -0.1) is 0 Å². The number of amides is 1. The van der Waals surface area contributed by atoms with Crippen molar-refractivity contribution in [2.45, 2.75) is 71.9 Å². The van der Waals surface area contributed by atoms with Crippen LogP contribution in [-0.2, 0) is 11.2 Å². The number of nitrogen functional groups attached to an aromatic ring is 1. The number of ether oxygens (including phenoxy) is 1. The smallest absolute Gasteiger partial charge is 0.410 e. The Hall–Kier alpha value is -2.05. The van der Waals surface area contributed by atoms with E-state index in [9.17, 15) is 9.59 Å². The minimum Gasteiger partial charge on any atom is -0.444 e. The Kier molecular flexibility index (Phi) is 4.53. The number of Topliss-reactive ketones (excluding diaryl/α,β-unsaturated/α-hetero) is 1. The van der Waals surface area contributed by atoms with Gasteiger partial charge < -0.3 is 15.4 Å². The minimum atomic E-state index is -0.498. The van der Waals surface area contributed by atoms with Gasteiger partial charge in [-0.3, -0.25) is 9.48 Å². The molecule has 1 amide bonds. The third kappa shape index (κ3) is 3.44. The van der Waals surface area contributed by atoms with Crippen LogP contribution in [0.15, 0.2) is 0 Å². The van der Waals surface area contributed by atoms with Crippen LogP contribution in [0.5, 0.6) is 0 Å². The maximum Gasteiger partial charge on any atom is 0.410 e. The highest BCUT2D eigenvalue weighted by atomic mass is 16.6. The van der Waals surface area contributed by atoms with Crippen LogP contribution in [0.25, 0.3) is 0 Å². The summed E-state index contributed by atoms with van der Waals surface area (Å²) >= 11 is 0. The second-order valence-electron chi connectivity index (χ2n) is 8.99. The summed E-state index contributed by atoms with van der Waals surface area (Å²) in [6.07, 6.45) is 2.55. The van der Waals surface area contributed by atoms with Crippen molar-refractivity contribution in [3.63, 3.8) is 0 Å². The van der Waals surface area contributed by atoms with E-state index in [1.54, 1.807) is 9.58 Å². The zero-order chi connectivity index (χ0) is 19.3. The van der Waals surface area contributed by atoms with Crippen molar-refractivity contribution in [3.05, 3.63) is 11.3 Å². The van der Waals surface area contributed by atoms with E-state index >= 15 is 0 Å². The fourth-order valence-corrected chi connectivity index (χ4v) is 4.04. The number of ketones is 1. The number of anilines is 1. The number of rotatable bonds is 1. The van der Waals surface area contributed by atoms with Gasteiger partial charge >= 0.3 is 6.09 Å². The van der Waals surface area contributed by atoms with Gasteiger partial charge in [0.1, 0.15) is 17.1 Å². The normalized spacial score (nSPS) is 19.8. The second-order valence-corrected chi connectivity index (χ2v) is 8.99. The van der Waals surface area contributed by atoms with Crippen molar-refractivity contribution in [3.8, 4) is 0 Å². The molecule has 0 radical (unpaired) electrons. The molecule has 2 aliphatic rings. The molecular weight excluding hydrogens is 332 g/mol. The van der Waals surface area contributed by atoms with Crippen LogP contribution < -0.4 is 5.73 Å². The minimum absolute atomic E-state index is 0.105. The molecule has 1 saturated heterocycles. The molecule has 0 aromatic carbocycles. The number of aromatic nitrogens is 2. The number of carbonyl (C=O) groups is 2. The number of carbonyl (C=O) groups excluding carboxylic acids is 2. The van der Waals surface area contributed by atoms with Crippen LogP contribution in [0.2, 0.25) is 0 Å². The lowest BCUT2D eigenvalue weighted by Crippen LogP contribution is -2.47. The molecule has 1 aliphatic heterocycles. The van der Waals surface area contributed by atoms with Gasteiger partial charge in [0.15, 0.2) is 5.78 Å². The molecule has 1 aromatic rings. The Balaban J connectivity index is 1.75. The summed E-state index contributed by atoms with van der Waals surface area (Å²) in [6, 6.07) is 0.105. The summed E-state index contributed by atoms with van der Waals surface area (Å²) in [6.45, 7) is 10.8. The first-order chi connectivity index (χ1) is 12.0. The molecule has 7 heteroatoms. The third-order valence-corrected chi connectivity index (χ3v) is 5.36. The molecule has 26 heavy (non-hydrogen) atoms. The van der Waals surface area contributed by atoms with E-state index in [2.05, 4.69) is 5.10 Å². The van der Waals surface area contributed by atoms with E-state index in [-0.39, 0.29) is 23.3 Å². The molecule has 7 nitrogen and oxygen atoms in total. The molecule has 1 aliphatic carbocycles. The second kappa shape index (κ2) is 6.28. The van der Waals surface area contributed by atoms with Gasteiger partial charge in [-0.25, -0.2) is 4.79 Å². The molecule has 3 rings (SSSR count). The summed E-state index contributed by atoms with van der Waals surface area (Å²) in [5, 5.41) is 4.39. The van der Waals surface area contributed by atoms with Crippen molar-refractivity contribution in [1.82, 2.24) is 14.7 Å². The first-order valence-electron chi connectivity index (χ1n) is 9.39. The number of nitrogens with two attached hydrogens (primary N) is 1. The van der Waals surface area contributed by atoms with Gasteiger partial charge in [0, 0.05) is 31.1 Å². The Morgan fingerprint density at radius 3 is 2.38 bits per heavy atom. The van der Waals surface area contributed by atoms with Crippen LogP contribution in [0.3, 0.4) is 0 Å². The number of fused-ring (bicyclic) bond motifs is 1. The molecule has 1 aromatic heterocycles. The van der Waals surface area contributed by atoms with Gasteiger partial charge in [-0.05, 0) is 59.3 Å². The predicted octanol–water partition coefficient (Wildman–Crippen LogP) is 3.19. The topological polar surface area (TPSA) is 90.5 Å². The highest BCUT2D eigenvalue weighted by molar-refractivity contribution is 5.98. The highest BCUT2D eigenvalue weighted by Gasteiger charge is 2.44. The van der Waals surface area contributed by atoms with Crippen molar-refractivity contribution >= 4 is 17.7 Å². The fourth-order valence-electron chi connectivity index (χ4n) is 4.04. The molecule has 0 unspecified atom stereocenters. The summed E-state index contributed by atoms with van der Waals surface area (Å²) in [5.74, 6) is 0.588. The molecular formula is C19H30N4O3. The zero-order valence-corrected chi connectivity index (χ0v) is 16.5.